The van der Waals surface area contributed by atoms with Gasteiger partial charge in [0.1, 0.15) is 0 Å². The van der Waals surface area contributed by atoms with E-state index >= 15 is 0 Å². The monoisotopic (exact) mass is 311 g/mol. The van der Waals surface area contributed by atoms with Crippen LogP contribution in [0, 0.1) is 5.92 Å². The van der Waals surface area contributed by atoms with Gasteiger partial charge in [-0.05, 0) is 36.1 Å². The number of rotatable bonds is 7. The van der Waals surface area contributed by atoms with Crippen molar-refractivity contribution in [3.05, 3.63) is 28.8 Å². The van der Waals surface area contributed by atoms with Crippen molar-refractivity contribution in [1.82, 2.24) is 5.32 Å². The van der Waals surface area contributed by atoms with Crippen LogP contribution in [0.4, 0.5) is 0 Å². The quantitative estimate of drug-likeness (QED) is 0.784. The standard InChI is InChI=1S/C16H22ClNO3/c1-11(2)7-8-18-15(19)6-5-12-9-13(17)16(21-4)14(10-12)20-3/h5-6,9-11H,7-8H2,1-4H3,(H,18,19)/b6-5+. The molecule has 1 aromatic carbocycles. The van der Waals surface area contributed by atoms with E-state index in [1.54, 1.807) is 25.3 Å². The predicted molar refractivity (Wildman–Crippen MR) is 86.1 cm³/mol. The molecule has 0 saturated carbocycles. The summed E-state index contributed by atoms with van der Waals surface area (Å²) in [5.41, 5.74) is 0.775. The highest BCUT2D eigenvalue weighted by molar-refractivity contribution is 6.32. The molecule has 4 nitrogen and oxygen atoms in total. The van der Waals surface area contributed by atoms with Crippen molar-refractivity contribution in [3.8, 4) is 11.5 Å². The van der Waals surface area contributed by atoms with E-state index in [4.69, 9.17) is 21.1 Å². The summed E-state index contributed by atoms with van der Waals surface area (Å²) in [6.07, 6.45) is 4.14. The van der Waals surface area contributed by atoms with Crippen LogP contribution in [0.3, 0.4) is 0 Å². The van der Waals surface area contributed by atoms with Crippen LogP contribution >= 0.6 is 11.6 Å². The van der Waals surface area contributed by atoms with Crippen LogP contribution in [-0.2, 0) is 4.79 Å². The zero-order valence-electron chi connectivity index (χ0n) is 12.9. The summed E-state index contributed by atoms with van der Waals surface area (Å²) in [6.45, 7) is 4.91. The van der Waals surface area contributed by atoms with Crippen molar-refractivity contribution in [2.45, 2.75) is 20.3 Å². The van der Waals surface area contributed by atoms with Gasteiger partial charge < -0.3 is 14.8 Å². The predicted octanol–water partition coefficient (Wildman–Crippen LogP) is 3.53. The first kappa shape index (κ1) is 17.4. The lowest BCUT2D eigenvalue weighted by atomic mass is 10.1. The number of nitrogens with one attached hydrogen (secondary N) is 1. The van der Waals surface area contributed by atoms with Gasteiger partial charge in [-0.3, -0.25) is 4.79 Å². The number of hydrogen-bond donors (Lipinski definition) is 1. The van der Waals surface area contributed by atoms with Crippen LogP contribution in [-0.4, -0.2) is 26.7 Å². The number of amides is 1. The van der Waals surface area contributed by atoms with E-state index in [0.29, 0.717) is 29.0 Å². The number of hydrogen-bond acceptors (Lipinski definition) is 3. The first-order valence-corrected chi connectivity index (χ1v) is 7.23. The average molecular weight is 312 g/mol. The molecule has 0 aromatic heterocycles. The molecule has 0 saturated heterocycles. The third-order valence-electron chi connectivity index (χ3n) is 2.90. The van der Waals surface area contributed by atoms with Gasteiger partial charge in [-0.2, -0.15) is 0 Å². The Morgan fingerprint density at radius 3 is 2.62 bits per heavy atom. The Labute approximate surface area is 131 Å². The van der Waals surface area contributed by atoms with Gasteiger partial charge in [-0.15, -0.1) is 0 Å². The van der Waals surface area contributed by atoms with E-state index in [1.165, 1.54) is 13.2 Å². The molecule has 0 fully saturated rings. The Bertz CT molecular complexity index is 512. The summed E-state index contributed by atoms with van der Waals surface area (Å²) < 4.78 is 10.4. The zero-order chi connectivity index (χ0) is 15.8. The maximum atomic E-state index is 11.7. The van der Waals surface area contributed by atoms with Crippen LogP contribution in [0.25, 0.3) is 6.08 Å². The molecule has 0 unspecified atom stereocenters. The number of carbonyl (C=O) groups is 1. The average Bonchev–Trinajstić information content (AvgIpc) is 2.44. The first-order valence-electron chi connectivity index (χ1n) is 6.85. The molecule has 0 heterocycles. The maximum absolute atomic E-state index is 11.7. The molecular formula is C16H22ClNO3. The van der Waals surface area contributed by atoms with Crippen LogP contribution in [0.5, 0.6) is 11.5 Å². The lowest BCUT2D eigenvalue weighted by Gasteiger charge is -2.10. The molecule has 21 heavy (non-hydrogen) atoms. The van der Waals surface area contributed by atoms with Gasteiger partial charge >= 0.3 is 0 Å². The fraction of sp³-hybridized carbons (Fsp3) is 0.438. The van der Waals surface area contributed by atoms with Gasteiger partial charge in [0.2, 0.25) is 5.91 Å². The van der Waals surface area contributed by atoms with Crippen molar-refractivity contribution >= 4 is 23.6 Å². The van der Waals surface area contributed by atoms with E-state index in [0.717, 1.165) is 12.0 Å². The van der Waals surface area contributed by atoms with E-state index in [9.17, 15) is 4.79 Å². The summed E-state index contributed by atoms with van der Waals surface area (Å²) in [6, 6.07) is 3.49. The normalized spacial score (nSPS) is 11.0. The van der Waals surface area contributed by atoms with Crippen molar-refractivity contribution in [2.24, 2.45) is 5.92 Å². The van der Waals surface area contributed by atoms with E-state index in [2.05, 4.69) is 19.2 Å². The minimum Gasteiger partial charge on any atom is -0.493 e. The van der Waals surface area contributed by atoms with Crippen molar-refractivity contribution in [3.63, 3.8) is 0 Å². The molecule has 1 amide bonds. The van der Waals surface area contributed by atoms with Gasteiger partial charge in [-0.25, -0.2) is 0 Å². The SMILES string of the molecule is COc1cc(/C=C/C(=O)NCCC(C)C)cc(Cl)c1OC. The molecule has 1 aromatic rings. The fourth-order valence-electron chi connectivity index (χ4n) is 1.75. The smallest absolute Gasteiger partial charge is 0.243 e. The highest BCUT2D eigenvalue weighted by atomic mass is 35.5. The Balaban J connectivity index is 2.72. The molecule has 1 N–H and O–H groups in total. The molecule has 0 aliphatic rings. The molecule has 0 spiro atoms. The second-order valence-electron chi connectivity index (χ2n) is 5.05. The first-order chi connectivity index (χ1) is 9.97. The third kappa shape index (κ3) is 5.68. The van der Waals surface area contributed by atoms with E-state index < -0.39 is 0 Å². The Morgan fingerprint density at radius 1 is 1.33 bits per heavy atom. The van der Waals surface area contributed by atoms with Crippen LogP contribution in [0.15, 0.2) is 18.2 Å². The van der Waals surface area contributed by atoms with Gasteiger partial charge in [0.25, 0.3) is 0 Å². The highest BCUT2D eigenvalue weighted by Crippen LogP contribution is 2.36. The third-order valence-corrected chi connectivity index (χ3v) is 3.18. The number of halogens is 1. The summed E-state index contributed by atoms with van der Waals surface area (Å²) in [5, 5.41) is 3.28. The Hall–Kier alpha value is -1.68. The lowest BCUT2D eigenvalue weighted by Crippen LogP contribution is -2.23. The summed E-state index contributed by atoms with van der Waals surface area (Å²) >= 11 is 6.11. The molecule has 0 bridgehead atoms. The number of methoxy groups -OCH3 is 2. The number of carbonyl (C=O) groups excluding carboxylic acids is 1. The second-order valence-corrected chi connectivity index (χ2v) is 5.45. The molecule has 0 aliphatic carbocycles. The topological polar surface area (TPSA) is 47.6 Å². The van der Waals surface area contributed by atoms with Crippen LogP contribution < -0.4 is 14.8 Å². The number of ether oxygens (including phenoxy) is 2. The van der Waals surface area contributed by atoms with Gasteiger partial charge in [0.05, 0.1) is 19.2 Å². The molecular weight excluding hydrogens is 290 g/mol. The molecule has 0 radical (unpaired) electrons. The fourth-order valence-corrected chi connectivity index (χ4v) is 2.05. The molecule has 5 heteroatoms. The Kier molecular flexibility index (Phi) is 7.09. The summed E-state index contributed by atoms with van der Waals surface area (Å²) in [4.78, 5) is 11.7. The highest BCUT2D eigenvalue weighted by Gasteiger charge is 2.09. The van der Waals surface area contributed by atoms with E-state index in [1.807, 2.05) is 0 Å². The van der Waals surface area contributed by atoms with Crippen LogP contribution in [0.2, 0.25) is 5.02 Å². The number of benzene rings is 1. The van der Waals surface area contributed by atoms with Crippen LogP contribution in [0.1, 0.15) is 25.8 Å². The molecule has 0 aliphatic heterocycles. The maximum Gasteiger partial charge on any atom is 0.243 e. The van der Waals surface area contributed by atoms with Crippen molar-refractivity contribution in [1.29, 1.82) is 0 Å². The summed E-state index contributed by atoms with van der Waals surface area (Å²) in [5.74, 6) is 1.46. The Morgan fingerprint density at radius 2 is 2.05 bits per heavy atom. The zero-order valence-corrected chi connectivity index (χ0v) is 13.7. The van der Waals surface area contributed by atoms with E-state index in [-0.39, 0.29) is 5.91 Å². The minimum atomic E-state index is -0.124. The minimum absolute atomic E-state index is 0.124. The lowest BCUT2D eigenvalue weighted by molar-refractivity contribution is -0.116. The molecule has 0 atom stereocenters. The molecule has 1 rings (SSSR count). The molecule has 116 valence electrons. The van der Waals surface area contributed by atoms with Crippen molar-refractivity contribution < 1.29 is 14.3 Å². The van der Waals surface area contributed by atoms with Gasteiger partial charge in [0, 0.05) is 12.6 Å². The summed E-state index contributed by atoms with van der Waals surface area (Å²) in [7, 11) is 3.07. The van der Waals surface area contributed by atoms with Crippen molar-refractivity contribution in [2.75, 3.05) is 20.8 Å². The van der Waals surface area contributed by atoms with Gasteiger partial charge in [0.15, 0.2) is 11.5 Å². The largest absolute Gasteiger partial charge is 0.493 e. The second kappa shape index (κ2) is 8.57. The van der Waals surface area contributed by atoms with Gasteiger partial charge in [-0.1, -0.05) is 25.4 Å².